The van der Waals surface area contributed by atoms with Crippen molar-refractivity contribution < 1.29 is 4.79 Å². The van der Waals surface area contributed by atoms with E-state index in [1.807, 2.05) is 62.6 Å². The maximum absolute atomic E-state index is 12.5. The summed E-state index contributed by atoms with van der Waals surface area (Å²) in [6, 6.07) is 13.7. The van der Waals surface area contributed by atoms with Crippen molar-refractivity contribution in [2.45, 2.75) is 18.7 Å². The number of rotatable bonds is 5. The molecule has 0 bridgehead atoms. The van der Waals surface area contributed by atoms with Crippen LogP contribution in [0, 0.1) is 6.92 Å². The highest BCUT2D eigenvalue weighted by Crippen LogP contribution is 2.22. The van der Waals surface area contributed by atoms with Crippen molar-refractivity contribution in [3.63, 3.8) is 0 Å². The van der Waals surface area contributed by atoms with Crippen LogP contribution in [0.3, 0.4) is 0 Å². The zero-order chi connectivity index (χ0) is 15.2. The van der Waals surface area contributed by atoms with Crippen LogP contribution in [0.25, 0.3) is 0 Å². The number of aryl methyl sites for hydroxylation is 1. The molecule has 0 radical (unpaired) electrons. The fraction of sp³-hybridized carbons (Fsp3) is 0.235. The van der Waals surface area contributed by atoms with Gasteiger partial charge in [-0.1, -0.05) is 17.7 Å². The topological polar surface area (TPSA) is 41.1 Å². The monoisotopic (exact) mass is 300 g/mol. The number of thioether (sulfide) groups is 1. The second kappa shape index (κ2) is 7.18. The summed E-state index contributed by atoms with van der Waals surface area (Å²) < 4.78 is 0. The summed E-state index contributed by atoms with van der Waals surface area (Å²) in [5.74, 6) is -0.0899. The zero-order valence-electron chi connectivity index (χ0n) is 12.6. The molecule has 0 atom stereocenters. The molecular weight excluding hydrogens is 280 g/mol. The zero-order valence-corrected chi connectivity index (χ0v) is 13.4. The molecule has 0 unspecified atom stereocenters. The Bertz CT molecular complexity index is 640. The van der Waals surface area contributed by atoms with Crippen molar-refractivity contribution >= 4 is 29.0 Å². The Kier molecular flexibility index (Phi) is 5.28. The highest BCUT2D eigenvalue weighted by atomic mass is 32.2. The molecule has 2 N–H and O–H groups in total. The van der Waals surface area contributed by atoms with Crippen molar-refractivity contribution in [1.29, 1.82) is 0 Å². The predicted octanol–water partition coefficient (Wildman–Crippen LogP) is 4.40. The molecule has 0 fully saturated rings. The molecule has 0 saturated heterocycles. The third-order valence-corrected chi connectivity index (χ3v) is 3.84. The van der Waals surface area contributed by atoms with E-state index in [2.05, 4.69) is 10.6 Å². The Morgan fingerprint density at radius 2 is 2.00 bits per heavy atom. The van der Waals surface area contributed by atoms with Gasteiger partial charge in [-0.05, 0) is 50.4 Å². The molecule has 3 nitrogen and oxygen atoms in total. The van der Waals surface area contributed by atoms with Crippen molar-refractivity contribution in [3.8, 4) is 0 Å². The molecule has 0 heterocycles. The van der Waals surface area contributed by atoms with E-state index in [-0.39, 0.29) is 5.91 Å². The molecule has 110 valence electrons. The van der Waals surface area contributed by atoms with Gasteiger partial charge in [0.05, 0.1) is 5.56 Å². The Morgan fingerprint density at radius 1 is 1.19 bits per heavy atom. The standard InChI is InChI=1S/C17H20N2OS/c1-4-18-16-9-8-12(2)10-15(16)17(20)19-13-6-5-7-14(11-13)21-3/h5-11,18H,4H2,1-3H3,(H,19,20). The average molecular weight is 300 g/mol. The lowest BCUT2D eigenvalue weighted by Crippen LogP contribution is -2.15. The molecule has 1 amide bonds. The molecule has 2 aromatic carbocycles. The van der Waals surface area contributed by atoms with Crippen molar-refractivity contribution in [2.75, 3.05) is 23.4 Å². The second-order valence-electron chi connectivity index (χ2n) is 4.77. The number of carbonyl (C=O) groups is 1. The first-order valence-electron chi connectivity index (χ1n) is 6.94. The molecule has 0 aliphatic heterocycles. The van der Waals surface area contributed by atoms with Gasteiger partial charge in [-0.25, -0.2) is 0 Å². The second-order valence-corrected chi connectivity index (χ2v) is 5.65. The van der Waals surface area contributed by atoms with E-state index in [0.29, 0.717) is 5.56 Å². The molecule has 2 rings (SSSR count). The number of hydrogen-bond donors (Lipinski definition) is 2. The molecule has 0 aliphatic carbocycles. The Balaban J connectivity index is 2.25. The van der Waals surface area contributed by atoms with Crippen LogP contribution in [0.4, 0.5) is 11.4 Å². The maximum Gasteiger partial charge on any atom is 0.257 e. The fourth-order valence-electron chi connectivity index (χ4n) is 2.09. The van der Waals surface area contributed by atoms with Gasteiger partial charge in [0.1, 0.15) is 0 Å². The van der Waals surface area contributed by atoms with E-state index in [9.17, 15) is 4.79 Å². The molecule has 21 heavy (non-hydrogen) atoms. The Hall–Kier alpha value is -1.94. The van der Waals surface area contributed by atoms with Crippen molar-refractivity contribution in [3.05, 3.63) is 53.6 Å². The van der Waals surface area contributed by atoms with Gasteiger partial charge >= 0.3 is 0 Å². The van der Waals surface area contributed by atoms with Crippen LogP contribution >= 0.6 is 11.8 Å². The fourth-order valence-corrected chi connectivity index (χ4v) is 2.55. The summed E-state index contributed by atoms with van der Waals surface area (Å²) in [5, 5.41) is 6.19. The van der Waals surface area contributed by atoms with Crippen LogP contribution in [0.5, 0.6) is 0 Å². The van der Waals surface area contributed by atoms with Gasteiger partial charge in [0.15, 0.2) is 0 Å². The Labute approximate surface area is 130 Å². The highest BCUT2D eigenvalue weighted by Gasteiger charge is 2.12. The number of nitrogens with one attached hydrogen (secondary N) is 2. The minimum atomic E-state index is -0.0899. The van der Waals surface area contributed by atoms with Gasteiger partial charge in [0.2, 0.25) is 0 Å². The molecule has 4 heteroatoms. The van der Waals surface area contributed by atoms with E-state index in [0.717, 1.165) is 28.4 Å². The number of benzene rings is 2. The van der Waals surface area contributed by atoms with Gasteiger partial charge in [-0.3, -0.25) is 4.79 Å². The first-order chi connectivity index (χ1) is 10.1. The summed E-state index contributed by atoms with van der Waals surface area (Å²) in [7, 11) is 0. The SMILES string of the molecule is CCNc1ccc(C)cc1C(=O)Nc1cccc(SC)c1. The average Bonchev–Trinajstić information content (AvgIpc) is 2.49. The normalized spacial score (nSPS) is 10.2. The third-order valence-electron chi connectivity index (χ3n) is 3.11. The molecular formula is C17H20N2OS. The molecule has 2 aromatic rings. The van der Waals surface area contributed by atoms with Crippen LogP contribution in [0.2, 0.25) is 0 Å². The van der Waals surface area contributed by atoms with Gasteiger partial charge in [-0.2, -0.15) is 0 Å². The first kappa shape index (κ1) is 15.4. The van der Waals surface area contributed by atoms with E-state index in [1.165, 1.54) is 0 Å². The van der Waals surface area contributed by atoms with Crippen molar-refractivity contribution in [2.24, 2.45) is 0 Å². The van der Waals surface area contributed by atoms with Crippen LogP contribution in [-0.4, -0.2) is 18.7 Å². The highest BCUT2D eigenvalue weighted by molar-refractivity contribution is 7.98. The number of carbonyl (C=O) groups excluding carboxylic acids is 1. The lowest BCUT2D eigenvalue weighted by Gasteiger charge is -2.12. The van der Waals surface area contributed by atoms with Crippen molar-refractivity contribution in [1.82, 2.24) is 0 Å². The lowest BCUT2D eigenvalue weighted by atomic mass is 10.1. The summed E-state index contributed by atoms with van der Waals surface area (Å²) in [6.07, 6.45) is 2.02. The molecule has 0 spiro atoms. The van der Waals surface area contributed by atoms with E-state index in [1.54, 1.807) is 11.8 Å². The van der Waals surface area contributed by atoms with Gasteiger partial charge in [-0.15, -0.1) is 11.8 Å². The van der Waals surface area contributed by atoms with E-state index < -0.39 is 0 Å². The third kappa shape index (κ3) is 4.02. The summed E-state index contributed by atoms with van der Waals surface area (Å²) >= 11 is 1.66. The van der Waals surface area contributed by atoms with Crippen LogP contribution in [-0.2, 0) is 0 Å². The molecule has 0 aromatic heterocycles. The summed E-state index contributed by atoms with van der Waals surface area (Å²) in [5.41, 5.74) is 3.42. The number of hydrogen-bond acceptors (Lipinski definition) is 3. The first-order valence-corrected chi connectivity index (χ1v) is 8.16. The number of anilines is 2. The van der Waals surface area contributed by atoms with E-state index >= 15 is 0 Å². The van der Waals surface area contributed by atoms with Crippen LogP contribution in [0.1, 0.15) is 22.8 Å². The predicted molar refractivity (Wildman–Crippen MR) is 91.5 cm³/mol. The summed E-state index contributed by atoms with van der Waals surface area (Å²) in [6.45, 7) is 4.79. The van der Waals surface area contributed by atoms with Gasteiger partial charge < -0.3 is 10.6 Å². The summed E-state index contributed by atoms with van der Waals surface area (Å²) in [4.78, 5) is 13.6. The largest absolute Gasteiger partial charge is 0.385 e. The maximum atomic E-state index is 12.5. The lowest BCUT2D eigenvalue weighted by molar-refractivity contribution is 0.102. The molecule has 0 aliphatic rings. The van der Waals surface area contributed by atoms with Crippen LogP contribution < -0.4 is 10.6 Å². The quantitative estimate of drug-likeness (QED) is 0.804. The smallest absolute Gasteiger partial charge is 0.257 e. The van der Waals surface area contributed by atoms with Crippen LogP contribution in [0.15, 0.2) is 47.4 Å². The van der Waals surface area contributed by atoms with E-state index in [4.69, 9.17) is 0 Å². The van der Waals surface area contributed by atoms with Gasteiger partial charge in [0.25, 0.3) is 5.91 Å². The number of amides is 1. The Morgan fingerprint density at radius 3 is 2.71 bits per heavy atom. The minimum absolute atomic E-state index is 0.0899. The minimum Gasteiger partial charge on any atom is -0.385 e. The molecule has 0 saturated carbocycles. The van der Waals surface area contributed by atoms with Gasteiger partial charge in [0, 0.05) is 22.8 Å².